The lowest BCUT2D eigenvalue weighted by molar-refractivity contribution is -0.0870. The maximum absolute atomic E-state index is 11.6. The molecule has 1 rings (SSSR count). The molecule has 1 aliphatic rings. The molecule has 0 unspecified atom stereocenters. The van der Waals surface area contributed by atoms with Gasteiger partial charge in [0.1, 0.15) is 6.61 Å². The second-order valence-electron chi connectivity index (χ2n) is 4.28. The Bertz CT molecular complexity index is 347. The topological polar surface area (TPSA) is 81.7 Å². The molecule has 0 aliphatic carbocycles. The smallest absolute Gasteiger partial charge is 0.406 e. The van der Waals surface area contributed by atoms with Crippen LogP contribution in [0, 0.1) is 5.41 Å². The van der Waals surface area contributed by atoms with Crippen molar-refractivity contribution in [2.45, 2.75) is 6.92 Å². The van der Waals surface area contributed by atoms with Crippen molar-refractivity contribution < 1.29 is 22.7 Å². The zero-order valence-electron chi connectivity index (χ0n) is 9.49. The minimum Gasteiger partial charge on any atom is -0.448 e. The molecule has 0 atom stereocenters. The lowest BCUT2D eigenvalue weighted by Gasteiger charge is -2.37. The van der Waals surface area contributed by atoms with Crippen molar-refractivity contribution in [3.8, 4) is 0 Å². The standard InChI is InChI=1S/C9H17NO5S/c1-9(5-14-6-9)7-16(12,13)4-3-15-8(11)10-2/h3-7H2,1-2H3,(H,10,11). The summed E-state index contributed by atoms with van der Waals surface area (Å²) in [6, 6.07) is 0. The van der Waals surface area contributed by atoms with E-state index in [-0.39, 0.29) is 23.5 Å². The molecule has 1 amide bonds. The summed E-state index contributed by atoms with van der Waals surface area (Å²) in [5.41, 5.74) is -0.272. The molecule has 0 bridgehead atoms. The summed E-state index contributed by atoms with van der Waals surface area (Å²) in [5, 5.41) is 2.25. The van der Waals surface area contributed by atoms with Crippen molar-refractivity contribution in [3.63, 3.8) is 0 Å². The number of rotatable bonds is 5. The van der Waals surface area contributed by atoms with Crippen molar-refractivity contribution in [2.24, 2.45) is 5.41 Å². The minimum atomic E-state index is -3.19. The van der Waals surface area contributed by atoms with Gasteiger partial charge in [-0.25, -0.2) is 13.2 Å². The van der Waals surface area contributed by atoms with E-state index in [1.807, 2.05) is 6.92 Å². The van der Waals surface area contributed by atoms with E-state index in [9.17, 15) is 13.2 Å². The Labute approximate surface area is 95.2 Å². The lowest BCUT2D eigenvalue weighted by Crippen LogP contribution is -2.45. The Morgan fingerprint density at radius 2 is 2.12 bits per heavy atom. The van der Waals surface area contributed by atoms with Gasteiger partial charge in [-0.1, -0.05) is 6.92 Å². The summed E-state index contributed by atoms with van der Waals surface area (Å²) < 4.78 is 32.9. The first-order valence-electron chi connectivity index (χ1n) is 5.00. The van der Waals surface area contributed by atoms with Crippen LogP contribution in [-0.4, -0.2) is 52.9 Å². The van der Waals surface area contributed by atoms with Crippen molar-refractivity contribution >= 4 is 15.9 Å². The van der Waals surface area contributed by atoms with Gasteiger partial charge in [0.25, 0.3) is 0 Å². The van der Waals surface area contributed by atoms with E-state index in [1.54, 1.807) is 0 Å². The van der Waals surface area contributed by atoms with Crippen molar-refractivity contribution in [1.29, 1.82) is 0 Å². The summed E-state index contributed by atoms with van der Waals surface area (Å²) in [6.07, 6.45) is -0.617. The molecule has 0 aromatic carbocycles. The number of ether oxygens (including phenoxy) is 2. The highest BCUT2D eigenvalue weighted by Crippen LogP contribution is 2.28. The summed E-state index contributed by atoms with van der Waals surface area (Å²) >= 11 is 0. The molecule has 1 heterocycles. The number of amides is 1. The van der Waals surface area contributed by atoms with Crippen LogP contribution in [0.5, 0.6) is 0 Å². The van der Waals surface area contributed by atoms with Crippen LogP contribution >= 0.6 is 0 Å². The number of alkyl carbamates (subject to hydrolysis) is 1. The van der Waals surface area contributed by atoms with E-state index in [0.29, 0.717) is 13.2 Å². The third-order valence-corrected chi connectivity index (χ3v) is 4.23. The molecule has 1 fully saturated rings. The first kappa shape index (κ1) is 13.2. The second-order valence-corrected chi connectivity index (χ2v) is 6.47. The summed E-state index contributed by atoms with van der Waals surface area (Å²) in [4.78, 5) is 10.7. The molecule has 6 nitrogen and oxygen atoms in total. The van der Waals surface area contributed by atoms with Gasteiger partial charge < -0.3 is 14.8 Å². The van der Waals surface area contributed by atoms with Crippen LogP contribution in [0.2, 0.25) is 0 Å². The van der Waals surface area contributed by atoms with Gasteiger partial charge in [0.2, 0.25) is 0 Å². The van der Waals surface area contributed by atoms with Crippen LogP contribution in [-0.2, 0) is 19.3 Å². The van der Waals surface area contributed by atoms with E-state index in [0.717, 1.165) is 0 Å². The Kier molecular flexibility index (Phi) is 4.15. The number of hydrogen-bond acceptors (Lipinski definition) is 5. The highest BCUT2D eigenvalue weighted by atomic mass is 32.2. The third-order valence-electron chi connectivity index (χ3n) is 2.30. The van der Waals surface area contributed by atoms with E-state index >= 15 is 0 Å². The molecule has 0 radical (unpaired) electrons. The highest BCUT2D eigenvalue weighted by molar-refractivity contribution is 7.91. The van der Waals surface area contributed by atoms with Gasteiger partial charge in [-0.05, 0) is 0 Å². The van der Waals surface area contributed by atoms with Crippen LogP contribution in [0.25, 0.3) is 0 Å². The Balaban J connectivity index is 2.31. The van der Waals surface area contributed by atoms with Crippen LogP contribution in [0.3, 0.4) is 0 Å². The molecule has 0 aromatic heterocycles. The molecule has 0 saturated carbocycles. The Morgan fingerprint density at radius 3 is 2.56 bits per heavy atom. The van der Waals surface area contributed by atoms with Crippen molar-refractivity contribution in [1.82, 2.24) is 5.32 Å². The molecular formula is C9H17NO5S. The van der Waals surface area contributed by atoms with E-state index in [1.165, 1.54) is 7.05 Å². The summed E-state index contributed by atoms with van der Waals surface area (Å²) in [5.74, 6) is -0.0624. The first-order valence-corrected chi connectivity index (χ1v) is 6.82. The van der Waals surface area contributed by atoms with Gasteiger partial charge in [-0.15, -0.1) is 0 Å². The molecule has 1 N–H and O–H groups in total. The van der Waals surface area contributed by atoms with Gasteiger partial charge in [0.05, 0.1) is 24.7 Å². The van der Waals surface area contributed by atoms with Crippen molar-refractivity contribution in [2.75, 3.05) is 38.4 Å². The quantitative estimate of drug-likeness (QED) is 0.731. The van der Waals surface area contributed by atoms with Gasteiger partial charge in [0, 0.05) is 12.5 Å². The van der Waals surface area contributed by atoms with E-state index < -0.39 is 15.9 Å². The van der Waals surface area contributed by atoms with Crippen LogP contribution in [0.4, 0.5) is 4.79 Å². The lowest BCUT2D eigenvalue weighted by atomic mass is 9.92. The zero-order chi connectivity index (χ0) is 12.2. The average molecular weight is 251 g/mol. The molecule has 0 spiro atoms. The molecule has 0 aromatic rings. The molecular weight excluding hydrogens is 234 g/mol. The van der Waals surface area contributed by atoms with Crippen LogP contribution in [0.15, 0.2) is 0 Å². The van der Waals surface area contributed by atoms with Crippen LogP contribution in [0.1, 0.15) is 6.92 Å². The summed E-state index contributed by atoms with van der Waals surface area (Å²) in [6.45, 7) is 2.71. The monoisotopic (exact) mass is 251 g/mol. The molecule has 1 aliphatic heterocycles. The van der Waals surface area contributed by atoms with Gasteiger partial charge in [-0.3, -0.25) is 0 Å². The fourth-order valence-electron chi connectivity index (χ4n) is 1.47. The second kappa shape index (κ2) is 5.01. The maximum Gasteiger partial charge on any atom is 0.406 e. The molecule has 1 saturated heterocycles. The van der Waals surface area contributed by atoms with E-state index in [2.05, 4.69) is 10.1 Å². The van der Waals surface area contributed by atoms with Gasteiger partial charge in [-0.2, -0.15) is 0 Å². The third kappa shape index (κ3) is 3.97. The van der Waals surface area contributed by atoms with Crippen LogP contribution < -0.4 is 5.32 Å². The molecule has 94 valence electrons. The Morgan fingerprint density at radius 1 is 1.50 bits per heavy atom. The van der Waals surface area contributed by atoms with Gasteiger partial charge >= 0.3 is 6.09 Å². The molecule has 7 heteroatoms. The summed E-state index contributed by atoms with van der Waals surface area (Å²) in [7, 11) is -1.77. The number of nitrogens with one attached hydrogen (secondary N) is 1. The average Bonchev–Trinajstić information content (AvgIpc) is 2.14. The number of hydrogen-bond donors (Lipinski definition) is 1. The van der Waals surface area contributed by atoms with Crippen molar-refractivity contribution in [3.05, 3.63) is 0 Å². The fraction of sp³-hybridized carbons (Fsp3) is 0.889. The zero-order valence-corrected chi connectivity index (χ0v) is 10.3. The number of carbonyl (C=O) groups is 1. The fourth-order valence-corrected chi connectivity index (χ4v) is 3.18. The SMILES string of the molecule is CNC(=O)OCCS(=O)(=O)CC1(C)COC1. The minimum absolute atomic E-state index is 0.0805. The van der Waals surface area contributed by atoms with E-state index in [4.69, 9.17) is 4.74 Å². The normalized spacial score (nSPS) is 18.6. The number of carbonyl (C=O) groups excluding carboxylic acids is 1. The Hall–Kier alpha value is -0.820. The predicted octanol–water partition coefficient (Wildman–Crippen LogP) is -0.206. The highest BCUT2D eigenvalue weighted by Gasteiger charge is 2.37. The maximum atomic E-state index is 11.6. The predicted molar refractivity (Wildman–Crippen MR) is 58.0 cm³/mol. The largest absolute Gasteiger partial charge is 0.448 e. The number of sulfone groups is 1. The molecule has 16 heavy (non-hydrogen) atoms. The first-order chi connectivity index (χ1) is 7.37. The van der Waals surface area contributed by atoms with Gasteiger partial charge in [0.15, 0.2) is 9.84 Å².